The molecule has 0 saturated carbocycles. The van der Waals surface area contributed by atoms with Gasteiger partial charge in [0.1, 0.15) is 0 Å². The van der Waals surface area contributed by atoms with Gasteiger partial charge in [-0.3, -0.25) is 0 Å². The molecule has 1 heterocycles. The fraction of sp³-hybridized carbons (Fsp3) is 0.500. The quantitative estimate of drug-likeness (QED) is 0.484. The van der Waals surface area contributed by atoms with Crippen LogP contribution in [0.3, 0.4) is 0 Å². The molecule has 6 heteroatoms. The normalized spacial score (nSPS) is 9.83. The number of ether oxygens (including phenoxy) is 1. The molecule has 0 aliphatic carbocycles. The van der Waals surface area contributed by atoms with Crippen molar-refractivity contribution in [1.29, 1.82) is 0 Å². The third-order valence-electron chi connectivity index (χ3n) is 1.15. The fourth-order valence-electron chi connectivity index (χ4n) is 0.651. The molecule has 0 spiro atoms. The first-order valence-electron chi connectivity index (χ1n) is 3.34. The van der Waals surface area contributed by atoms with E-state index in [1.54, 1.807) is 6.92 Å². The Labute approximate surface area is 87.6 Å². The zero-order valence-corrected chi connectivity index (χ0v) is 9.39. The molecule has 0 amide bonds. The summed E-state index contributed by atoms with van der Waals surface area (Å²) in [5.41, 5.74) is 0.358. The molecule has 0 unspecified atom stereocenters. The minimum absolute atomic E-state index is 0.358. The summed E-state index contributed by atoms with van der Waals surface area (Å²) in [6.45, 7) is 2.14. The van der Waals surface area contributed by atoms with E-state index in [-0.39, 0.29) is 5.97 Å². The van der Waals surface area contributed by atoms with E-state index >= 15 is 0 Å². The van der Waals surface area contributed by atoms with Gasteiger partial charge >= 0.3 is 5.97 Å². The largest absolute Gasteiger partial charge is 0.461 e. The highest BCUT2D eigenvalue weighted by Crippen LogP contribution is 2.15. The molecule has 66 valence electrons. The van der Waals surface area contributed by atoms with Gasteiger partial charge in [0, 0.05) is 4.43 Å². The van der Waals surface area contributed by atoms with E-state index < -0.39 is 0 Å². The Morgan fingerprint density at radius 2 is 2.50 bits per heavy atom. The number of alkyl halides is 1. The van der Waals surface area contributed by atoms with Gasteiger partial charge in [0.05, 0.1) is 11.5 Å². The number of hydrogen-bond acceptors (Lipinski definition) is 5. The Kier molecular flexibility index (Phi) is 3.86. The van der Waals surface area contributed by atoms with Crippen molar-refractivity contribution in [3.8, 4) is 0 Å². The number of esters is 1. The molecule has 0 aromatic carbocycles. The van der Waals surface area contributed by atoms with Crippen LogP contribution in [-0.2, 0) is 9.16 Å². The van der Waals surface area contributed by atoms with Gasteiger partial charge in [-0.2, -0.15) is 0 Å². The number of halogens is 1. The molecule has 1 aromatic heterocycles. The molecule has 1 aromatic rings. The van der Waals surface area contributed by atoms with Crippen LogP contribution in [0.5, 0.6) is 0 Å². The first-order chi connectivity index (χ1) is 5.79. The minimum atomic E-state index is -0.377. The third-order valence-corrected chi connectivity index (χ3v) is 3.15. The summed E-state index contributed by atoms with van der Waals surface area (Å²) in [4.78, 5) is 12.0. The summed E-state index contributed by atoms with van der Waals surface area (Å²) in [5, 5.41) is 3.69. The van der Waals surface area contributed by atoms with Gasteiger partial charge in [-0.25, -0.2) is 4.79 Å². The molecule has 0 bridgehead atoms. The van der Waals surface area contributed by atoms with E-state index in [1.165, 1.54) is 11.5 Å². The lowest BCUT2D eigenvalue weighted by molar-refractivity contribution is 0.0518. The summed E-state index contributed by atoms with van der Waals surface area (Å²) in [5.74, 6) is -0.377. The van der Waals surface area contributed by atoms with Crippen molar-refractivity contribution in [1.82, 2.24) is 9.59 Å². The van der Waals surface area contributed by atoms with Crippen molar-refractivity contribution >= 4 is 40.1 Å². The van der Waals surface area contributed by atoms with Crippen molar-refractivity contribution in [2.45, 2.75) is 11.4 Å². The van der Waals surface area contributed by atoms with Crippen LogP contribution in [0.25, 0.3) is 0 Å². The summed E-state index contributed by atoms with van der Waals surface area (Å²) in [7, 11) is 0. The van der Waals surface area contributed by atoms with Gasteiger partial charge in [-0.15, -0.1) is 5.10 Å². The predicted octanol–water partition coefficient (Wildman–Crippen LogP) is 1.65. The number of aromatic nitrogens is 2. The molecular formula is C6H7IN2O2S. The van der Waals surface area contributed by atoms with Gasteiger partial charge < -0.3 is 4.74 Å². The second-order valence-corrected chi connectivity index (χ2v) is 3.50. The van der Waals surface area contributed by atoms with E-state index in [9.17, 15) is 4.79 Å². The van der Waals surface area contributed by atoms with E-state index in [4.69, 9.17) is 4.74 Å². The summed E-state index contributed by atoms with van der Waals surface area (Å²) in [6.07, 6.45) is 0. The van der Waals surface area contributed by atoms with Crippen LogP contribution < -0.4 is 0 Å². The average molecular weight is 298 g/mol. The SMILES string of the molecule is CCOC(=O)c1nnsc1CI. The van der Waals surface area contributed by atoms with Crippen molar-refractivity contribution in [3.63, 3.8) is 0 Å². The molecule has 0 atom stereocenters. The molecule has 0 fully saturated rings. The van der Waals surface area contributed by atoms with Crippen LogP contribution in [-0.4, -0.2) is 22.2 Å². The van der Waals surface area contributed by atoms with Crippen LogP contribution in [0, 0.1) is 0 Å². The zero-order valence-electron chi connectivity index (χ0n) is 6.41. The van der Waals surface area contributed by atoms with Gasteiger partial charge in [0.25, 0.3) is 0 Å². The Bertz CT molecular complexity index is 276. The highest BCUT2D eigenvalue weighted by molar-refractivity contribution is 14.1. The van der Waals surface area contributed by atoms with Crippen LogP contribution in [0.2, 0.25) is 0 Å². The Morgan fingerprint density at radius 1 is 1.75 bits per heavy atom. The highest BCUT2D eigenvalue weighted by atomic mass is 127. The number of hydrogen-bond donors (Lipinski definition) is 0. The molecule has 0 saturated heterocycles. The Morgan fingerprint density at radius 3 is 3.08 bits per heavy atom. The Balaban J connectivity index is 2.79. The first kappa shape index (κ1) is 9.85. The monoisotopic (exact) mass is 298 g/mol. The molecular weight excluding hydrogens is 291 g/mol. The molecule has 0 aliphatic heterocycles. The van der Waals surface area contributed by atoms with Gasteiger partial charge in [0.15, 0.2) is 5.69 Å². The van der Waals surface area contributed by atoms with Crippen LogP contribution in [0.15, 0.2) is 0 Å². The molecule has 0 N–H and O–H groups in total. The average Bonchev–Trinajstić information content (AvgIpc) is 2.51. The van der Waals surface area contributed by atoms with E-state index in [0.29, 0.717) is 12.3 Å². The molecule has 1 rings (SSSR count). The maximum absolute atomic E-state index is 11.2. The Hall–Kier alpha value is -0.240. The molecule has 12 heavy (non-hydrogen) atoms. The smallest absolute Gasteiger partial charge is 0.360 e. The van der Waals surface area contributed by atoms with Gasteiger partial charge in [-0.1, -0.05) is 27.1 Å². The van der Waals surface area contributed by atoms with Crippen LogP contribution in [0.4, 0.5) is 0 Å². The number of carbonyl (C=O) groups is 1. The highest BCUT2D eigenvalue weighted by Gasteiger charge is 2.15. The van der Waals surface area contributed by atoms with Crippen molar-refractivity contribution in [2.75, 3.05) is 6.61 Å². The van der Waals surface area contributed by atoms with Crippen molar-refractivity contribution in [3.05, 3.63) is 10.6 Å². The lowest BCUT2D eigenvalue weighted by Gasteiger charge is -1.97. The first-order valence-corrected chi connectivity index (χ1v) is 5.63. The van der Waals surface area contributed by atoms with E-state index in [2.05, 4.69) is 32.2 Å². The number of carbonyl (C=O) groups excluding carboxylic acids is 1. The predicted molar refractivity (Wildman–Crippen MR) is 53.6 cm³/mol. The van der Waals surface area contributed by atoms with Crippen molar-refractivity contribution in [2.24, 2.45) is 0 Å². The third kappa shape index (κ3) is 2.13. The summed E-state index contributed by atoms with van der Waals surface area (Å²) < 4.78 is 9.21. The van der Waals surface area contributed by atoms with E-state index in [0.717, 1.165) is 9.30 Å². The van der Waals surface area contributed by atoms with Crippen molar-refractivity contribution < 1.29 is 9.53 Å². The van der Waals surface area contributed by atoms with Gasteiger partial charge in [-0.05, 0) is 18.5 Å². The lowest BCUT2D eigenvalue weighted by Crippen LogP contribution is -2.07. The summed E-state index contributed by atoms with van der Waals surface area (Å²) in [6, 6.07) is 0. The maximum Gasteiger partial charge on any atom is 0.360 e. The topological polar surface area (TPSA) is 52.1 Å². The standard InChI is InChI=1S/C6H7IN2O2S/c1-2-11-6(10)5-4(3-7)12-9-8-5/h2-3H2,1H3. The lowest BCUT2D eigenvalue weighted by atomic mass is 10.4. The number of rotatable bonds is 3. The second kappa shape index (κ2) is 4.70. The molecule has 0 aliphatic rings. The second-order valence-electron chi connectivity index (χ2n) is 1.90. The number of nitrogens with zero attached hydrogens (tertiary/aromatic N) is 2. The van der Waals surface area contributed by atoms with Crippen LogP contribution in [0.1, 0.15) is 22.3 Å². The summed E-state index contributed by atoms with van der Waals surface area (Å²) >= 11 is 3.39. The minimum Gasteiger partial charge on any atom is -0.461 e. The fourth-order valence-corrected chi connectivity index (χ4v) is 1.91. The van der Waals surface area contributed by atoms with Gasteiger partial charge in [0.2, 0.25) is 0 Å². The zero-order chi connectivity index (χ0) is 8.97. The molecule has 4 nitrogen and oxygen atoms in total. The molecule has 0 radical (unpaired) electrons. The van der Waals surface area contributed by atoms with E-state index in [1.807, 2.05) is 0 Å². The van der Waals surface area contributed by atoms with Crippen LogP contribution >= 0.6 is 34.1 Å². The maximum atomic E-state index is 11.2.